The standard InChI is InChI=1S/C9H18N2OS/c10-9(11-12)5-6-13-7-8-3-1-2-4-8/h8,12H,1-7H2,(H2,10,11). The molecule has 0 aliphatic heterocycles. The SMILES string of the molecule is NC(CCSCC1CCCC1)=NO. The van der Waals surface area contributed by atoms with Gasteiger partial charge < -0.3 is 10.9 Å². The normalized spacial score (nSPS) is 19.5. The van der Waals surface area contributed by atoms with E-state index >= 15 is 0 Å². The Morgan fingerprint density at radius 2 is 2.15 bits per heavy atom. The Balaban J connectivity index is 1.94. The van der Waals surface area contributed by atoms with Crippen LogP contribution in [0, 0.1) is 5.92 Å². The Labute approximate surface area is 83.8 Å². The lowest BCUT2D eigenvalue weighted by Crippen LogP contribution is -2.12. The minimum atomic E-state index is 0.346. The van der Waals surface area contributed by atoms with Crippen molar-refractivity contribution in [1.82, 2.24) is 0 Å². The number of thioether (sulfide) groups is 1. The molecule has 3 nitrogen and oxygen atoms in total. The lowest BCUT2D eigenvalue weighted by atomic mass is 10.1. The van der Waals surface area contributed by atoms with Gasteiger partial charge in [0.2, 0.25) is 0 Å². The average Bonchev–Trinajstić information content (AvgIpc) is 2.64. The average molecular weight is 202 g/mol. The van der Waals surface area contributed by atoms with Crippen molar-refractivity contribution in [2.75, 3.05) is 11.5 Å². The second-order valence-corrected chi connectivity index (χ2v) is 4.72. The molecule has 0 heterocycles. The van der Waals surface area contributed by atoms with Gasteiger partial charge in [-0.25, -0.2) is 0 Å². The Morgan fingerprint density at radius 1 is 1.46 bits per heavy atom. The first-order chi connectivity index (χ1) is 6.33. The maximum atomic E-state index is 8.30. The van der Waals surface area contributed by atoms with Crippen LogP contribution < -0.4 is 5.73 Å². The number of hydrogen-bond acceptors (Lipinski definition) is 3. The number of rotatable bonds is 5. The molecule has 0 aromatic rings. The number of nitrogens with two attached hydrogens (primary N) is 1. The zero-order chi connectivity index (χ0) is 9.52. The van der Waals surface area contributed by atoms with Crippen LogP contribution in [0.25, 0.3) is 0 Å². The molecule has 1 saturated carbocycles. The number of nitrogens with zero attached hydrogens (tertiary/aromatic N) is 1. The largest absolute Gasteiger partial charge is 0.409 e. The van der Waals surface area contributed by atoms with E-state index in [1.165, 1.54) is 31.4 Å². The second kappa shape index (κ2) is 6.13. The molecule has 1 rings (SSSR count). The minimum Gasteiger partial charge on any atom is -0.409 e. The maximum absolute atomic E-state index is 8.30. The Bertz CT molecular complexity index is 167. The highest BCUT2D eigenvalue weighted by Gasteiger charge is 2.14. The van der Waals surface area contributed by atoms with Gasteiger partial charge >= 0.3 is 0 Å². The number of oxime groups is 1. The molecular formula is C9H18N2OS. The summed E-state index contributed by atoms with van der Waals surface area (Å²) >= 11 is 1.92. The summed E-state index contributed by atoms with van der Waals surface area (Å²) in [5.74, 6) is 3.50. The molecule has 0 saturated heterocycles. The van der Waals surface area contributed by atoms with Crippen molar-refractivity contribution in [1.29, 1.82) is 0 Å². The minimum absolute atomic E-state index is 0.346. The topological polar surface area (TPSA) is 58.6 Å². The van der Waals surface area contributed by atoms with E-state index in [-0.39, 0.29) is 0 Å². The molecule has 1 fully saturated rings. The van der Waals surface area contributed by atoms with Gasteiger partial charge in [0.1, 0.15) is 5.84 Å². The summed E-state index contributed by atoms with van der Waals surface area (Å²) in [4.78, 5) is 0. The summed E-state index contributed by atoms with van der Waals surface area (Å²) in [6.45, 7) is 0. The van der Waals surface area contributed by atoms with Crippen LogP contribution in [0.5, 0.6) is 0 Å². The van der Waals surface area contributed by atoms with Gasteiger partial charge in [0.15, 0.2) is 0 Å². The van der Waals surface area contributed by atoms with Crippen LogP contribution >= 0.6 is 11.8 Å². The third-order valence-corrected chi connectivity index (χ3v) is 3.66. The Hall–Kier alpha value is -0.380. The van der Waals surface area contributed by atoms with Crippen LogP contribution in [0.3, 0.4) is 0 Å². The van der Waals surface area contributed by atoms with Gasteiger partial charge in [0, 0.05) is 12.2 Å². The van der Waals surface area contributed by atoms with E-state index in [1.807, 2.05) is 11.8 Å². The molecule has 1 aliphatic rings. The monoisotopic (exact) mass is 202 g/mol. The van der Waals surface area contributed by atoms with Crippen molar-refractivity contribution in [3.63, 3.8) is 0 Å². The molecule has 0 spiro atoms. The highest BCUT2D eigenvalue weighted by molar-refractivity contribution is 7.99. The second-order valence-electron chi connectivity index (χ2n) is 3.57. The highest BCUT2D eigenvalue weighted by Crippen LogP contribution is 2.27. The smallest absolute Gasteiger partial charge is 0.139 e. The van der Waals surface area contributed by atoms with Crippen molar-refractivity contribution >= 4 is 17.6 Å². The quantitative estimate of drug-likeness (QED) is 0.236. The molecule has 0 unspecified atom stereocenters. The van der Waals surface area contributed by atoms with Gasteiger partial charge in [0.25, 0.3) is 0 Å². The van der Waals surface area contributed by atoms with Gasteiger partial charge in [-0.3, -0.25) is 0 Å². The third-order valence-electron chi connectivity index (χ3n) is 2.46. The van der Waals surface area contributed by atoms with Gasteiger partial charge in [-0.1, -0.05) is 18.0 Å². The van der Waals surface area contributed by atoms with Gasteiger partial charge in [-0.15, -0.1) is 0 Å². The van der Waals surface area contributed by atoms with E-state index in [0.29, 0.717) is 12.3 Å². The number of hydrogen-bond donors (Lipinski definition) is 2. The first-order valence-electron chi connectivity index (χ1n) is 4.87. The molecule has 0 aromatic carbocycles. The molecule has 4 heteroatoms. The summed E-state index contributed by atoms with van der Waals surface area (Å²) < 4.78 is 0. The predicted molar refractivity (Wildman–Crippen MR) is 57.3 cm³/mol. The van der Waals surface area contributed by atoms with E-state index in [9.17, 15) is 0 Å². The van der Waals surface area contributed by atoms with E-state index in [4.69, 9.17) is 10.9 Å². The molecule has 1 aliphatic carbocycles. The Kier molecular flexibility index (Phi) is 5.05. The molecule has 0 bridgehead atoms. The lowest BCUT2D eigenvalue weighted by Gasteiger charge is -2.07. The van der Waals surface area contributed by atoms with E-state index in [2.05, 4.69) is 5.16 Å². The molecule has 0 atom stereocenters. The van der Waals surface area contributed by atoms with Crippen LogP contribution in [0.15, 0.2) is 5.16 Å². The van der Waals surface area contributed by atoms with Crippen molar-refractivity contribution in [2.45, 2.75) is 32.1 Å². The fourth-order valence-electron chi connectivity index (χ4n) is 1.65. The summed E-state index contributed by atoms with van der Waals surface area (Å²) in [7, 11) is 0. The van der Waals surface area contributed by atoms with Gasteiger partial charge in [0.05, 0.1) is 0 Å². The van der Waals surface area contributed by atoms with Crippen LogP contribution in [0.4, 0.5) is 0 Å². The van der Waals surface area contributed by atoms with E-state index in [0.717, 1.165) is 11.7 Å². The predicted octanol–water partition coefficient (Wildman–Crippen LogP) is 2.05. The van der Waals surface area contributed by atoms with Crippen molar-refractivity contribution in [2.24, 2.45) is 16.8 Å². The highest BCUT2D eigenvalue weighted by atomic mass is 32.2. The zero-order valence-electron chi connectivity index (χ0n) is 7.91. The lowest BCUT2D eigenvalue weighted by molar-refractivity contribution is 0.317. The number of amidine groups is 1. The van der Waals surface area contributed by atoms with Crippen molar-refractivity contribution < 1.29 is 5.21 Å². The van der Waals surface area contributed by atoms with Crippen LogP contribution in [-0.2, 0) is 0 Å². The van der Waals surface area contributed by atoms with Gasteiger partial charge in [-0.2, -0.15) is 11.8 Å². The fourth-order valence-corrected chi connectivity index (χ4v) is 2.84. The van der Waals surface area contributed by atoms with Crippen LogP contribution in [0.1, 0.15) is 32.1 Å². The van der Waals surface area contributed by atoms with Crippen LogP contribution in [-0.4, -0.2) is 22.5 Å². The van der Waals surface area contributed by atoms with Crippen LogP contribution in [0.2, 0.25) is 0 Å². The molecule has 3 N–H and O–H groups in total. The molecule has 76 valence electrons. The molecule has 0 amide bonds. The van der Waals surface area contributed by atoms with Crippen molar-refractivity contribution in [3.05, 3.63) is 0 Å². The molecule has 0 radical (unpaired) electrons. The maximum Gasteiger partial charge on any atom is 0.139 e. The molecular weight excluding hydrogens is 184 g/mol. The van der Waals surface area contributed by atoms with E-state index < -0.39 is 0 Å². The zero-order valence-corrected chi connectivity index (χ0v) is 8.72. The van der Waals surface area contributed by atoms with E-state index in [1.54, 1.807) is 0 Å². The summed E-state index contributed by atoms with van der Waals surface area (Å²) in [6.07, 6.45) is 6.32. The summed E-state index contributed by atoms with van der Waals surface area (Å²) in [5.41, 5.74) is 5.35. The van der Waals surface area contributed by atoms with Crippen molar-refractivity contribution in [3.8, 4) is 0 Å². The molecule has 0 aromatic heterocycles. The Morgan fingerprint density at radius 3 is 2.77 bits per heavy atom. The summed E-state index contributed by atoms with van der Waals surface area (Å²) in [5, 5.41) is 11.2. The first-order valence-corrected chi connectivity index (χ1v) is 6.02. The molecule has 13 heavy (non-hydrogen) atoms. The third kappa shape index (κ3) is 4.41. The van der Waals surface area contributed by atoms with Gasteiger partial charge in [-0.05, 0) is 24.5 Å². The fraction of sp³-hybridized carbons (Fsp3) is 0.889. The summed E-state index contributed by atoms with van der Waals surface area (Å²) in [6, 6.07) is 0. The first kappa shape index (κ1) is 10.7.